The molecule has 0 fully saturated rings. The molecule has 0 saturated heterocycles. The van der Waals surface area contributed by atoms with Gasteiger partial charge < -0.3 is 14.8 Å². The Morgan fingerprint density at radius 3 is 2.81 bits per heavy atom. The van der Waals surface area contributed by atoms with Gasteiger partial charge in [-0.2, -0.15) is 4.99 Å². The van der Waals surface area contributed by atoms with Crippen LogP contribution in [0.25, 0.3) is 0 Å². The van der Waals surface area contributed by atoms with Crippen LogP contribution in [-0.2, 0) is 11.2 Å². The fourth-order valence-corrected chi connectivity index (χ4v) is 1.60. The molecule has 0 unspecified atom stereocenters. The Labute approximate surface area is 125 Å². The summed E-state index contributed by atoms with van der Waals surface area (Å²) in [5.74, 6) is 0. The third-order valence-corrected chi connectivity index (χ3v) is 2.50. The summed E-state index contributed by atoms with van der Waals surface area (Å²) in [6.07, 6.45) is 4.52. The Balaban J connectivity index is 2.34. The summed E-state index contributed by atoms with van der Waals surface area (Å²) in [5.41, 5.74) is 0.651. The minimum Gasteiger partial charge on any atom is -0.442 e. The number of carbonyl (C=O) groups excluding carboxylic acids is 1. The number of amides is 1. The molecule has 0 aliphatic carbocycles. The van der Waals surface area contributed by atoms with E-state index in [2.05, 4.69) is 9.98 Å². The Morgan fingerprint density at radius 2 is 2.19 bits per heavy atom. The standard InChI is InChI=1S/C14H21BN2O4/c1-14(2,3)21-13(18)17-8-5-4-6-12-10-11(15(19)20)7-9-16-12/h7-10,19-20H,4-6H2,1-3H3. The third kappa shape index (κ3) is 7.58. The van der Waals surface area contributed by atoms with Gasteiger partial charge in [-0.1, -0.05) is 0 Å². The number of aryl methyl sites for hydroxylation is 1. The summed E-state index contributed by atoms with van der Waals surface area (Å²) in [6.45, 7) is 5.36. The van der Waals surface area contributed by atoms with Gasteiger partial charge >= 0.3 is 13.2 Å². The second kappa shape index (κ2) is 7.90. The zero-order valence-electron chi connectivity index (χ0n) is 12.6. The zero-order valence-corrected chi connectivity index (χ0v) is 12.6. The molecule has 114 valence electrons. The van der Waals surface area contributed by atoms with Crippen LogP contribution >= 0.6 is 0 Å². The van der Waals surface area contributed by atoms with Gasteiger partial charge in [-0.05, 0) is 57.6 Å². The highest BCUT2D eigenvalue weighted by atomic mass is 16.6. The van der Waals surface area contributed by atoms with Crippen molar-refractivity contribution in [3.63, 3.8) is 0 Å². The summed E-state index contributed by atoms with van der Waals surface area (Å²) < 4.78 is 5.04. The molecule has 0 bridgehead atoms. The van der Waals surface area contributed by atoms with Crippen molar-refractivity contribution in [2.75, 3.05) is 0 Å². The second-order valence-corrected chi connectivity index (χ2v) is 5.64. The number of rotatable bonds is 5. The minimum absolute atomic E-state index is 0.419. The molecule has 0 aliphatic rings. The number of unbranched alkanes of at least 4 members (excludes halogenated alkanes) is 1. The van der Waals surface area contributed by atoms with Crippen molar-refractivity contribution in [1.29, 1.82) is 0 Å². The highest BCUT2D eigenvalue weighted by Crippen LogP contribution is 2.07. The van der Waals surface area contributed by atoms with Crippen molar-refractivity contribution in [2.24, 2.45) is 4.99 Å². The van der Waals surface area contributed by atoms with Gasteiger partial charge in [0.1, 0.15) is 5.60 Å². The number of aliphatic imine (C=N–C) groups is 1. The Morgan fingerprint density at radius 1 is 1.48 bits per heavy atom. The lowest BCUT2D eigenvalue weighted by Gasteiger charge is -2.17. The number of nitrogens with zero attached hydrogens (tertiary/aromatic N) is 2. The molecule has 21 heavy (non-hydrogen) atoms. The van der Waals surface area contributed by atoms with Crippen LogP contribution in [-0.4, -0.2) is 40.1 Å². The number of hydrogen-bond donors (Lipinski definition) is 2. The predicted molar refractivity (Wildman–Crippen MR) is 81.7 cm³/mol. The Kier molecular flexibility index (Phi) is 6.52. The molecule has 0 atom stereocenters. The molecular formula is C14H21BN2O4. The van der Waals surface area contributed by atoms with Gasteiger partial charge in [0.05, 0.1) is 0 Å². The molecule has 0 radical (unpaired) electrons. The SMILES string of the molecule is CC(C)(C)OC(=O)N=CCCCc1cc(B(O)O)ccn1. The van der Waals surface area contributed by atoms with Crippen molar-refractivity contribution in [1.82, 2.24) is 4.98 Å². The smallest absolute Gasteiger partial charge is 0.442 e. The van der Waals surface area contributed by atoms with Gasteiger partial charge in [0.2, 0.25) is 0 Å². The topological polar surface area (TPSA) is 92.0 Å². The fourth-order valence-electron chi connectivity index (χ4n) is 1.60. The highest BCUT2D eigenvalue weighted by molar-refractivity contribution is 6.58. The van der Waals surface area contributed by atoms with Crippen molar-refractivity contribution >= 4 is 24.9 Å². The van der Waals surface area contributed by atoms with Crippen molar-refractivity contribution < 1.29 is 19.6 Å². The van der Waals surface area contributed by atoms with E-state index in [0.717, 1.165) is 12.1 Å². The van der Waals surface area contributed by atoms with Crippen LogP contribution in [0, 0.1) is 0 Å². The molecule has 2 N–H and O–H groups in total. The second-order valence-electron chi connectivity index (χ2n) is 5.64. The molecule has 0 aromatic carbocycles. The van der Waals surface area contributed by atoms with Crippen LogP contribution in [0.15, 0.2) is 23.3 Å². The first-order valence-corrected chi connectivity index (χ1v) is 6.84. The van der Waals surface area contributed by atoms with Crippen LogP contribution in [0.3, 0.4) is 0 Å². The van der Waals surface area contributed by atoms with Crippen LogP contribution in [0.5, 0.6) is 0 Å². The molecule has 1 aromatic heterocycles. The Hall–Kier alpha value is -1.73. The van der Waals surface area contributed by atoms with Crippen molar-refractivity contribution in [3.05, 3.63) is 24.0 Å². The van der Waals surface area contributed by atoms with E-state index >= 15 is 0 Å². The highest BCUT2D eigenvalue weighted by Gasteiger charge is 2.14. The maximum atomic E-state index is 11.3. The van der Waals surface area contributed by atoms with Crippen molar-refractivity contribution in [2.45, 2.75) is 45.6 Å². The van der Waals surface area contributed by atoms with E-state index < -0.39 is 18.8 Å². The summed E-state index contributed by atoms with van der Waals surface area (Å²) in [4.78, 5) is 19.2. The normalized spacial score (nSPS) is 11.7. The number of carbonyl (C=O) groups is 1. The van der Waals surface area contributed by atoms with Gasteiger partial charge in [-0.3, -0.25) is 4.98 Å². The van der Waals surface area contributed by atoms with Crippen LogP contribution in [0.4, 0.5) is 4.79 Å². The average Bonchev–Trinajstić information content (AvgIpc) is 2.36. The molecule has 6 nitrogen and oxygen atoms in total. The van der Waals surface area contributed by atoms with E-state index in [9.17, 15) is 4.79 Å². The first-order valence-electron chi connectivity index (χ1n) is 6.84. The molecule has 1 amide bonds. The first-order chi connectivity index (χ1) is 9.78. The zero-order chi connectivity index (χ0) is 15.9. The van der Waals surface area contributed by atoms with Crippen molar-refractivity contribution in [3.8, 4) is 0 Å². The third-order valence-electron chi connectivity index (χ3n) is 2.50. The average molecular weight is 292 g/mol. The van der Waals surface area contributed by atoms with E-state index in [1.165, 1.54) is 6.21 Å². The van der Waals surface area contributed by atoms with E-state index in [1.54, 1.807) is 39.1 Å². The molecule has 0 spiro atoms. The minimum atomic E-state index is -1.49. The van der Waals surface area contributed by atoms with E-state index in [4.69, 9.17) is 14.8 Å². The first kappa shape index (κ1) is 17.3. The lowest BCUT2D eigenvalue weighted by molar-refractivity contribution is 0.0605. The van der Waals surface area contributed by atoms with Gasteiger partial charge in [0, 0.05) is 18.1 Å². The molecule has 7 heteroatoms. The van der Waals surface area contributed by atoms with Crippen LogP contribution in [0.2, 0.25) is 0 Å². The summed E-state index contributed by atoms with van der Waals surface area (Å²) in [6, 6.07) is 3.20. The quantitative estimate of drug-likeness (QED) is 0.481. The van der Waals surface area contributed by atoms with Crippen LogP contribution in [0.1, 0.15) is 39.3 Å². The molecule has 1 aromatic rings. The maximum absolute atomic E-state index is 11.3. The number of pyridine rings is 1. The van der Waals surface area contributed by atoms with Gasteiger partial charge in [-0.25, -0.2) is 4.79 Å². The molecule has 0 aliphatic heterocycles. The number of hydrogen-bond acceptors (Lipinski definition) is 5. The largest absolute Gasteiger partial charge is 0.488 e. The molecule has 0 saturated carbocycles. The van der Waals surface area contributed by atoms with E-state index in [1.807, 2.05) is 0 Å². The molecule has 1 rings (SSSR count). The van der Waals surface area contributed by atoms with Gasteiger partial charge in [-0.15, -0.1) is 0 Å². The predicted octanol–water partition coefficient (Wildman–Crippen LogP) is 1.09. The Bertz CT molecular complexity index is 498. The molecular weight excluding hydrogens is 271 g/mol. The van der Waals surface area contributed by atoms with E-state index in [-0.39, 0.29) is 0 Å². The summed E-state index contributed by atoms with van der Waals surface area (Å²) in [5, 5.41) is 18.1. The van der Waals surface area contributed by atoms with Gasteiger partial charge in [0.15, 0.2) is 0 Å². The number of aromatic nitrogens is 1. The fraction of sp³-hybridized carbons (Fsp3) is 0.500. The number of ether oxygens (including phenoxy) is 1. The van der Waals surface area contributed by atoms with Gasteiger partial charge in [0.25, 0.3) is 0 Å². The summed E-state index contributed by atoms with van der Waals surface area (Å²) >= 11 is 0. The monoisotopic (exact) mass is 292 g/mol. The lowest BCUT2D eigenvalue weighted by Crippen LogP contribution is -2.30. The van der Waals surface area contributed by atoms with E-state index in [0.29, 0.717) is 18.3 Å². The lowest BCUT2D eigenvalue weighted by atomic mass is 9.80. The van der Waals surface area contributed by atoms with Crippen LogP contribution < -0.4 is 5.46 Å². The molecule has 1 heterocycles. The maximum Gasteiger partial charge on any atom is 0.488 e. The summed E-state index contributed by atoms with van der Waals surface area (Å²) in [7, 11) is -1.49.